The first-order valence-electron chi connectivity index (χ1n) is 13.4. The standard InChI is InChI=1S/C27H37F3N6O4/c1-4-36-21(11-14-32-36)25(38)35-24(18-7-5-17(2)6-8-18)26(39)34-22-15-19(10-13-31-22)20(16-40-3)33-23(37)9-12-27(28,29)30/h10-11,13-15,17-18,20,24H,4-9,12,16H2,1-3H3,(H,33,37)(H,35,38)(H,31,34,39)/t17?,18?,20?,24-/m1/s1. The first-order chi connectivity index (χ1) is 19.0. The molecule has 0 aromatic carbocycles. The summed E-state index contributed by atoms with van der Waals surface area (Å²) in [6, 6.07) is 3.13. The number of hydrogen-bond acceptors (Lipinski definition) is 6. The van der Waals surface area contributed by atoms with Crippen LogP contribution in [0.1, 0.15) is 74.5 Å². The van der Waals surface area contributed by atoms with E-state index in [-0.39, 0.29) is 18.3 Å². The number of hydrogen-bond donors (Lipinski definition) is 3. The Morgan fingerprint density at radius 1 is 1.12 bits per heavy atom. The van der Waals surface area contributed by atoms with E-state index in [9.17, 15) is 27.6 Å². The molecule has 2 heterocycles. The molecule has 1 fully saturated rings. The summed E-state index contributed by atoms with van der Waals surface area (Å²) in [5.41, 5.74) is 0.847. The van der Waals surface area contributed by atoms with Crippen molar-refractivity contribution in [3.05, 3.63) is 41.9 Å². The van der Waals surface area contributed by atoms with Gasteiger partial charge in [0.25, 0.3) is 5.91 Å². The average Bonchev–Trinajstić information content (AvgIpc) is 3.40. The molecule has 10 nitrogen and oxygen atoms in total. The van der Waals surface area contributed by atoms with Crippen molar-refractivity contribution < 1.29 is 32.3 Å². The van der Waals surface area contributed by atoms with E-state index < -0.39 is 48.8 Å². The van der Waals surface area contributed by atoms with Gasteiger partial charge in [-0.1, -0.05) is 19.8 Å². The summed E-state index contributed by atoms with van der Waals surface area (Å²) in [6.45, 7) is 4.53. The lowest BCUT2D eigenvalue weighted by molar-refractivity contribution is -0.144. The lowest BCUT2D eigenvalue weighted by Crippen LogP contribution is -2.49. The van der Waals surface area contributed by atoms with Crippen molar-refractivity contribution in [1.82, 2.24) is 25.4 Å². The van der Waals surface area contributed by atoms with Crippen LogP contribution in [-0.2, 0) is 20.9 Å². The van der Waals surface area contributed by atoms with E-state index in [1.165, 1.54) is 25.6 Å². The molecule has 220 valence electrons. The maximum Gasteiger partial charge on any atom is 0.389 e. The molecule has 1 unspecified atom stereocenters. The number of carbonyl (C=O) groups is 3. The second-order valence-corrected chi connectivity index (χ2v) is 10.2. The van der Waals surface area contributed by atoms with Gasteiger partial charge in [0.05, 0.1) is 19.1 Å². The summed E-state index contributed by atoms with van der Waals surface area (Å²) >= 11 is 0. The molecule has 1 aliphatic rings. The Kier molecular flexibility index (Phi) is 11.1. The highest BCUT2D eigenvalue weighted by atomic mass is 19.4. The SMILES string of the molecule is CCn1nccc1C(=O)N[C@@H](C(=O)Nc1cc(C(COC)NC(=O)CCC(F)(F)F)ccn1)C1CCC(C)CC1. The summed E-state index contributed by atoms with van der Waals surface area (Å²) in [5, 5.41) is 12.4. The van der Waals surface area contributed by atoms with E-state index in [4.69, 9.17) is 4.74 Å². The van der Waals surface area contributed by atoms with E-state index in [0.29, 0.717) is 23.7 Å². The van der Waals surface area contributed by atoms with Gasteiger partial charge in [-0.05, 0) is 55.4 Å². The van der Waals surface area contributed by atoms with Gasteiger partial charge in [0, 0.05) is 32.5 Å². The number of ether oxygens (including phenoxy) is 1. The van der Waals surface area contributed by atoms with Gasteiger partial charge in [-0.25, -0.2) is 4.98 Å². The topological polar surface area (TPSA) is 127 Å². The molecule has 1 saturated carbocycles. The van der Waals surface area contributed by atoms with Gasteiger partial charge >= 0.3 is 6.18 Å². The third-order valence-electron chi connectivity index (χ3n) is 7.09. The van der Waals surface area contributed by atoms with E-state index in [0.717, 1.165) is 25.7 Å². The van der Waals surface area contributed by atoms with Gasteiger partial charge < -0.3 is 20.7 Å². The van der Waals surface area contributed by atoms with Gasteiger partial charge in [0.1, 0.15) is 17.6 Å². The Labute approximate surface area is 231 Å². The van der Waals surface area contributed by atoms with E-state index in [2.05, 4.69) is 33.0 Å². The van der Waals surface area contributed by atoms with Gasteiger partial charge in [-0.3, -0.25) is 19.1 Å². The Bertz CT molecular complexity index is 1150. The van der Waals surface area contributed by atoms with Crippen LogP contribution in [0.2, 0.25) is 0 Å². The van der Waals surface area contributed by atoms with Crippen LogP contribution in [-0.4, -0.2) is 58.4 Å². The van der Waals surface area contributed by atoms with Crippen molar-refractivity contribution in [1.29, 1.82) is 0 Å². The predicted molar refractivity (Wildman–Crippen MR) is 141 cm³/mol. The number of methoxy groups -OCH3 is 1. The molecule has 40 heavy (non-hydrogen) atoms. The Balaban J connectivity index is 1.75. The first-order valence-corrected chi connectivity index (χ1v) is 13.4. The zero-order valence-electron chi connectivity index (χ0n) is 23.0. The summed E-state index contributed by atoms with van der Waals surface area (Å²) < 4.78 is 44.3. The van der Waals surface area contributed by atoms with Crippen LogP contribution in [0.5, 0.6) is 0 Å². The summed E-state index contributed by atoms with van der Waals surface area (Å²) in [5.74, 6) is -0.966. The van der Waals surface area contributed by atoms with Crippen LogP contribution in [0.4, 0.5) is 19.0 Å². The second kappa shape index (κ2) is 14.2. The number of alkyl halides is 3. The van der Waals surface area contributed by atoms with Crippen molar-refractivity contribution in [2.75, 3.05) is 19.0 Å². The number of nitrogens with zero attached hydrogens (tertiary/aromatic N) is 3. The molecule has 2 aromatic heterocycles. The highest BCUT2D eigenvalue weighted by Gasteiger charge is 2.34. The second-order valence-electron chi connectivity index (χ2n) is 10.2. The maximum absolute atomic E-state index is 13.5. The maximum atomic E-state index is 13.5. The van der Waals surface area contributed by atoms with Gasteiger partial charge in [0.2, 0.25) is 11.8 Å². The minimum Gasteiger partial charge on any atom is -0.382 e. The minimum absolute atomic E-state index is 0.000784. The van der Waals surface area contributed by atoms with E-state index in [1.807, 2.05) is 6.92 Å². The van der Waals surface area contributed by atoms with E-state index in [1.54, 1.807) is 16.8 Å². The Morgan fingerprint density at radius 3 is 2.50 bits per heavy atom. The molecule has 0 aliphatic heterocycles. The number of nitrogens with one attached hydrogen (secondary N) is 3. The highest BCUT2D eigenvalue weighted by molar-refractivity contribution is 6.00. The minimum atomic E-state index is -4.44. The third kappa shape index (κ3) is 9.04. The van der Waals surface area contributed by atoms with E-state index >= 15 is 0 Å². The summed E-state index contributed by atoms with van der Waals surface area (Å²) in [4.78, 5) is 43.0. The Hall–Kier alpha value is -3.48. The smallest absolute Gasteiger partial charge is 0.382 e. The number of halogens is 3. The normalized spacial score (nSPS) is 18.9. The zero-order chi connectivity index (χ0) is 29.3. The fourth-order valence-electron chi connectivity index (χ4n) is 4.86. The number of aryl methyl sites for hydroxylation is 1. The van der Waals surface area contributed by atoms with Crippen LogP contribution >= 0.6 is 0 Å². The fourth-order valence-corrected chi connectivity index (χ4v) is 4.86. The molecule has 0 radical (unpaired) electrons. The quantitative estimate of drug-likeness (QED) is 0.356. The van der Waals surface area contributed by atoms with Crippen molar-refractivity contribution >= 4 is 23.5 Å². The molecule has 0 spiro atoms. The van der Waals surface area contributed by atoms with Gasteiger partial charge in [-0.15, -0.1) is 0 Å². The number of aromatic nitrogens is 3. The zero-order valence-corrected chi connectivity index (χ0v) is 23.0. The van der Waals surface area contributed by atoms with Crippen LogP contribution < -0.4 is 16.0 Å². The lowest BCUT2D eigenvalue weighted by Gasteiger charge is -2.32. The molecule has 0 bridgehead atoms. The molecular formula is C27H37F3N6O4. The summed E-state index contributed by atoms with van der Waals surface area (Å²) in [6.07, 6.45) is 0.00354. The van der Waals surface area contributed by atoms with Gasteiger partial charge in [-0.2, -0.15) is 18.3 Å². The molecule has 2 aromatic rings. The van der Waals surface area contributed by atoms with Crippen molar-refractivity contribution in [3.8, 4) is 0 Å². The van der Waals surface area contributed by atoms with Crippen LogP contribution in [0, 0.1) is 11.8 Å². The molecule has 3 rings (SSSR count). The molecule has 3 amide bonds. The number of carbonyl (C=O) groups excluding carboxylic acids is 3. The molecule has 2 atom stereocenters. The monoisotopic (exact) mass is 566 g/mol. The number of rotatable bonds is 12. The largest absolute Gasteiger partial charge is 0.389 e. The molecule has 13 heteroatoms. The average molecular weight is 567 g/mol. The van der Waals surface area contributed by atoms with Gasteiger partial charge in [0.15, 0.2) is 0 Å². The van der Waals surface area contributed by atoms with Crippen molar-refractivity contribution in [2.45, 2.75) is 77.2 Å². The van der Waals surface area contributed by atoms with Crippen LogP contribution in [0.25, 0.3) is 0 Å². The van der Waals surface area contributed by atoms with Crippen LogP contribution in [0.15, 0.2) is 30.6 Å². The highest BCUT2D eigenvalue weighted by Crippen LogP contribution is 2.31. The van der Waals surface area contributed by atoms with Crippen molar-refractivity contribution in [3.63, 3.8) is 0 Å². The number of amides is 3. The number of pyridine rings is 1. The Morgan fingerprint density at radius 2 is 1.85 bits per heavy atom. The summed E-state index contributed by atoms with van der Waals surface area (Å²) in [7, 11) is 1.40. The molecule has 0 saturated heterocycles. The molecular weight excluding hydrogens is 529 g/mol. The fraction of sp³-hybridized carbons (Fsp3) is 0.593. The molecule has 1 aliphatic carbocycles. The van der Waals surface area contributed by atoms with Crippen molar-refractivity contribution in [2.24, 2.45) is 11.8 Å². The third-order valence-corrected chi connectivity index (χ3v) is 7.09. The lowest BCUT2D eigenvalue weighted by atomic mass is 9.79. The van der Waals surface area contributed by atoms with Crippen LogP contribution in [0.3, 0.4) is 0 Å². The first kappa shape index (κ1) is 31.1. The number of anilines is 1. The molecule has 3 N–H and O–H groups in total. The predicted octanol–water partition coefficient (Wildman–Crippen LogP) is 4.01.